The zero-order valence-electron chi connectivity index (χ0n) is 82.1. The molecule has 0 amide bonds. The maximum absolute atomic E-state index is 12.5. The number of rotatable bonds is 16. The molecule has 20 heteroatoms. The standard InChI is InChI=1S/C16H16N2O.2C16H16N2.C16H14N2.C15H14N2O.C15H12N2O.C11H8O.C6H16Si.3C2H6.Mn.2O/c1-11-15(18-10-17-11)16(2,19)14-9-5-7-12-6-3-4-8-13(12)14;3*1-11(16-12(2)17-10-18-16)14-9-5-7-13-6-3-4-8-15(13)14;2*1-10-14(17-9-16-10)15(18)13-8-4-6-11-5-2-3-7-12(11)13;12-8-10-6-3-5-9-4-1-2-7-11(9)10;1-4-7(5-2)6-3;3*1-2;;;/h3-10,19H,1-2H3,(H,17,18);2*3-11H,1-2H3,(H,17,18);3-10H,1H2,2H3,(H,17,18);2-9,15,18H,1H3,(H,16,17);2-9H,1H3,(H,16,17);1-8H;7H,4-6H2,1-3H3;3*1-2H3;;;. The Labute approximate surface area is 813 Å². The third kappa shape index (κ3) is 27.2. The van der Waals surface area contributed by atoms with Crippen molar-refractivity contribution in [2.45, 2.75) is 166 Å². The van der Waals surface area contributed by atoms with Gasteiger partial charge in [-0.05, 0) is 152 Å². The average Bonchev–Trinajstić information content (AvgIpc) is 1.19. The second kappa shape index (κ2) is 54.1. The Morgan fingerprint density at radius 3 is 1.04 bits per heavy atom. The van der Waals surface area contributed by atoms with Crippen molar-refractivity contribution in [1.29, 1.82) is 0 Å². The van der Waals surface area contributed by atoms with Crippen LogP contribution in [0.25, 0.3) is 81.0 Å². The zero-order chi connectivity index (χ0) is 98.9. The summed E-state index contributed by atoms with van der Waals surface area (Å²) >= 11 is -1.44. The molecular formula is C117H130MnN12O6Si. The van der Waals surface area contributed by atoms with Gasteiger partial charge < -0.3 is 40.1 Å². The Morgan fingerprint density at radius 2 is 0.657 bits per heavy atom. The summed E-state index contributed by atoms with van der Waals surface area (Å²) in [5, 5.41) is 37.6. The molecule has 20 rings (SSSR count). The number of H-pyrrole nitrogens is 6. The summed E-state index contributed by atoms with van der Waals surface area (Å²) in [6.45, 7) is 41.2. The van der Waals surface area contributed by atoms with E-state index in [9.17, 15) is 19.8 Å². The fourth-order valence-corrected chi connectivity index (χ4v) is 18.4. The summed E-state index contributed by atoms with van der Waals surface area (Å²) in [7, 11) is -0.171. The van der Waals surface area contributed by atoms with Crippen LogP contribution in [0.2, 0.25) is 18.1 Å². The average molecular weight is 1880 g/mol. The van der Waals surface area contributed by atoms with Gasteiger partial charge >= 0.3 is 22.5 Å². The van der Waals surface area contributed by atoms with Gasteiger partial charge in [-0.1, -0.05) is 398 Å². The van der Waals surface area contributed by atoms with Crippen LogP contribution >= 0.6 is 0 Å². The molecular weight excluding hydrogens is 1750 g/mol. The van der Waals surface area contributed by atoms with Gasteiger partial charge in [-0.15, -0.1) is 0 Å². The molecule has 0 spiro atoms. The van der Waals surface area contributed by atoms with E-state index in [0.29, 0.717) is 34.5 Å². The second-order valence-electron chi connectivity index (χ2n) is 32.2. The molecule has 0 aliphatic carbocycles. The quantitative estimate of drug-likeness (QED) is 0.0255. The minimum absolute atomic E-state index is 0.0365. The Hall–Kier alpha value is -14.5. The van der Waals surface area contributed by atoms with Gasteiger partial charge in [-0.25, -0.2) is 29.9 Å². The van der Waals surface area contributed by atoms with Crippen molar-refractivity contribution in [2.24, 2.45) is 0 Å². The number of carbonyl (C=O) groups excluding carboxylic acids is 2. The van der Waals surface area contributed by atoms with E-state index in [0.717, 1.165) is 128 Å². The van der Waals surface area contributed by atoms with Gasteiger partial charge in [0.05, 0.1) is 66.4 Å². The first-order chi connectivity index (χ1) is 66.6. The van der Waals surface area contributed by atoms with Gasteiger partial charge in [0.25, 0.3) is 0 Å². The van der Waals surface area contributed by atoms with Crippen LogP contribution < -0.4 is 0 Å². The number of hydrogen-bond acceptors (Lipinski definition) is 12. The van der Waals surface area contributed by atoms with E-state index in [-0.39, 0.29) is 14.6 Å². The predicted molar refractivity (Wildman–Crippen MR) is 566 cm³/mol. The molecule has 0 fully saturated rings. The summed E-state index contributed by atoms with van der Waals surface area (Å²) in [5.74, 6) is 0.579. The van der Waals surface area contributed by atoms with Crippen molar-refractivity contribution in [2.75, 3.05) is 0 Å². The van der Waals surface area contributed by atoms with Gasteiger partial charge in [-0.3, -0.25) is 9.59 Å². The number of benzene rings is 14. The van der Waals surface area contributed by atoms with E-state index in [2.05, 4.69) is 242 Å². The van der Waals surface area contributed by atoms with Gasteiger partial charge in [0, 0.05) is 71.5 Å². The van der Waals surface area contributed by atoms with Crippen LogP contribution in [-0.2, 0) is 28.1 Å². The Balaban J connectivity index is 0.000000175. The molecule has 0 bridgehead atoms. The number of aliphatic hydroxyl groups is 2. The van der Waals surface area contributed by atoms with E-state index in [4.69, 9.17) is 7.67 Å². The van der Waals surface area contributed by atoms with E-state index in [1.165, 1.54) is 61.6 Å². The molecule has 4 atom stereocenters. The Bertz CT molecular complexity index is 6770. The first-order valence-electron chi connectivity index (χ1n) is 47.0. The molecule has 705 valence electrons. The number of hydrogen-bond donors (Lipinski definition) is 8. The van der Waals surface area contributed by atoms with Crippen LogP contribution in [0.5, 0.6) is 0 Å². The molecule has 0 saturated carbocycles. The first-order valence-corrected chi connectivity index (χ1v) is 50.4. The van der Waals surface area contributed by atoms with E-state index < -0.39 is 26.5 Å². The molecule has 18 nitrogen and oxygen atoms in total. The topological polar surface area (TPSA) is 281 Å². The second-order valence-corrected chi connectivity index (χ2v) is 36.6. The van der Waals surface area contributed by atoms with Gasteiger partial charge in [0.2, 0.25) is 5.78 Å². The number of aliphatic hydroxyl groups excluding tert-OH is 1. The van der Waals surface area contributed by atoms with E-state index in [1.807, 2.05) is 239 Å². The van der Waals surface area contributed by atoms with Crippen molar-refractivity contribution in [3.05, 3.63) is 449 Å². The van der Waals surface area contributed by atoms with Crippen LogP contribution in [0.15, 0.2) is 342 Å². The van der Waals surface area contributed by atoms with Crippen molar-refractivity contribution >= 4 is 102 Å². The van der Waals surface area contributed by atoms with Crippen molar-refractivity contribution in [3.63, 3.8) is 0 Å². The van der Waals surface area contributed by atoms with Crippen LogP contribution in [0, 0.1) is 41.5 Å². The van der Waals surface area contributed by atoms with Gasteiger partial charge in [-0.2, -0.15) is 0 Å². The number of aryl methyl sites for hydroxylation is 6. The van der Waals surface area contributed by atoms with Crippen LogP contribution in [0.4, 0.5) is 0 Å². The monoisotopic (exact) mass is 1880 g/mol. The number of nitrogens with one attached hydrogen (secondary N) is 6. The Morgan fingerprint density at radius 1 is 0.365 bits per heavy atom. The number of aromatic amines is 6. The number of fused-ring (bicyclic) bond motifs is 7. The van der Waals surface area contributed by atoms with Crippen LogP contribution in [0.3, 0.4) is 0 Å². The molecule has 0 aliphatic heterocycles. The maximum atomic E-state index is 12.5. The first kappa shape index (κ1) is 106. The van der Waals surface area contributed by atoms with Crippen molar-refractivity contribution in [3.8, 4) is 0 Å². The van der Waals surface area contributed by atoms with Crippen LogP contribution in [-0.4, -0.2) is 90.9 Å². The van der Waals surface area contributed by atoms with E-state index in [1.54, 1.807) is 44.9 Å². The third-order valence-electron chi connectivity index (χ3n) is 24.0. The summed E-state index contributed by atoms with van der Waals surface area (Å²) in [5.41, 5.74) is 17.9. The number of aldehydes is 1. The summed E-state index contributed by atoms with van der Waals surface area (Å²) in [4.78, 5) is 67.2. The number of aromatic nitrogens is 12. The number of imidazole rings is 6. The Kier molecular flexibility index (Phi) is 42.0. The molecule has 137 heavy (non-hydrogen) atoms. The van der Waals surface area contributed by atoms with E-state index >= 15 is 0 Å². The molecule has 0 aliphatic rings. The number of ketones is 1. The van der Waals surface area contributed by atoms with Gasteiger partial charge in [0.15, 0.2) is 6.29 Å². The molecule has 6 heterocycles. The van der Waals surface area contributed by atoms with Crippen LogP contribution in [0.1, 0.15) is 218 Å². The van der Waals surface area contributed by atoms with Crippen molar-refractivity contribution < 1.29 is 42.3 Å². The third-order valence-corrected chi connectivity index (χ3v) is 27.4. The minimum atomic E-state index is -1.44. The molecule has 8 N–H and O–H groups in total. The summed E-state index contributed by atoms with van der Waals surface area (Å²) in [6.07, 6.45) is 10.2. The fraction of sp³-hybridized carbons (Fsp3) is 0.214. The molecule has 20 aromatic rings. The zero-order valence-corrected chi connectivity index (χ0v) is 84.4. The summed E-state index contributed by atoms with van der Waals surface area (Å²) in [6, 6.07) is 104. The fourth-order valence-electron chi connectivity index (χ4n) is 16.7. The molecule has 0 radical (unpaired) electrons. The number of nitrogens with zero attached hydrogens (tertiary/aromatic N) is 6. The molecule has 14 aromatic carbocycles. The normalized spacial score (nSPS) is 11.5. The summed E-state index contributed by atoms with van der Waals surface area (Å²) < 4.78 is 16.8. The van der Waals surface area contributed by atoms with Crippen molar-refractivity contribution in [1.82, 2.24) is 59.8 Å². The molecule has 6 aromatic heterocycles. The SMILES string of the molecule is C=C(c1nc[nH]c1C)c1cccc2ccccc12.CC.CC.CC.CC[SiH](CC)CC.Cc1[nH]cnc1C(=O)c1cccc2ccccc12.Cc1[nH]cnc1C(C)(O)c1cccc2ccccc12.Cc1[nH]cnc1C(C)c1cccc2ccccc12.Cc1[nH]cnc1C(C)c1cccc2ccccc12.Cc1[nH]cnc1C(O)c1cccc2ccccc12.O=Cc1cccc2ccccc12.[O]=[Mn]=[O]. The molecule has 4 unspecified atom stereocenters. The predicted octanol–water partition coefficient (Wildman–Crippen LogP) is 28.9. The van der Waals surface area contributed by atoms with Gasteiger partial charge in [0.1, 0.15) is 17.4 Å². The molecule has 0 saturated heterocycles. The number of carbonyl (C=O) groups is 2.